The Kier molecular flexibility index (Phi) is 4.77. The van der Waals surface area contributed by atoms with Crippen LogP contribution in [0.4, 0.5) is 0 Å². The minimum absolute atomic E-state index is 0.355. The number of benzene rings is 1. The molecule has 0 spiro atoms. The molecule has 2 aromatic rings. The van der Waals surface area contributed by atoms with E-state index in [9.17, 15) is 5.26 Å². The fourth-order valence-corrected chi connectivity index (χ4v) is 2.11. The normalized spacial score (nSPS) is 10.2. The van der Waals surface area contributed by atoms with Gasteiger partial charge < -0.3 is 9.47 Å². The number of hydrogen-bond donors (Lipinski definition) is 0. The molecule has 0 aliphatic heterocycles. The van der Waals surface area contributed by atoms with E-state index in [4.69, 9.17) is 9.47 Å². The van der Waals surface area contributed by atoms with E-state index < -0.39 is 0 Å². The quantitative estimate of drug-likeness (QED) is 0.815. The van der Waals surface area contributed by atoms with Crippen molar-refractivity contribution >= 4 is 0 Å². The van der Waals surface area contributed by atoms with Crippen molar-refractivity contribution in [2.24, 2.45) is 0 Å². The van der Waals surface area contributed by atoms with E-state index in [0.29, 0.717) is 17.2 Å². The summed E-state index contributed by atoms with van der Waals surface area (Å²) < 4.78 is 12.3. The van der Waals surface area contributed by atoms with E-state index in [1.54, 1.807) is 18.9 Å². The lowest BCUT2D eigenvalue weighted by molar-refractivity contribution is 0.400. The number of nitrogens with zero attached hydrogens (tertiary/aromatic N) is 4. The SMILES string of the molecule is CCCCc1c(C#N)nnn1-c1cc(OC)ccc1OC. The molecule has 21 heavy (non-hydrogen) atoms. The second-order valence-electron chi connectivity index (χ2n) is 4.55. The molecule has 0 aliphatic carbocycles. The van der Waals surface area contributed by atoms with E-state index in [2.05, 4.69) is 23.3 Å². The summed E-state index contributed by atoms with van der Waals surface area (Å²) in [7, 11) is 3.20. The molecule has 0 amide bonds. The molecule has 0 N–H and O–H groups in total. The Bertz CT molecular complexity index is 658. The molecule has 0 saturated carbocycles. The maximum Gasteiger partial charge on any atom is 0.186 e. The van der Waals surface area contributed by atoms with Crippen LogP contribution >= 0.6 is 0 Å². The summed E-state index contributed by atoms with van der Waals surface area (Å²) in [4.78, 5) is 0. The largest absolute Gasteiger partial charge is 0.497 e. The average Bonchev–Trinajstić information content (AvgIpc) is 2.94. The number of rotatable bonds is 6. The average molecular weight is 286 g/mol. The summed E-state index contributed by atoms with van der Waals surface area (Å²) in [6.07, 6.45) is 2.74. The van der Waals surface area contributed by atoms with Gasteiger partial charge in [-0.05, 0) is 25.0 Å². The summed E-state index contributed by atoms with van der Waals surface area (Å²) in [6.45, 7) is 2.10. The first-order chi connectivity index (χ1) is 10.2. The molecule has 6 nitrogen and oxygen atoms in total. The van der Waals surface area contributed by atoms with Gasteiger partial charge in [0.2, 0.25) is 0 Å². The van der Waals surface area contributed by atoms with Crippen LogP contribution in [0.15, 0.2) is 18.2 Å². The molecule has 2 rings (SSSR count). The fraction of sp³-hybridized carbons (Fsp3) is 0.400. The van der Waals surface area contributed by atoms with Gasteiger partial charge in [0.15, 0.2) is 5.69 Å². The minimum atomic E-state index is 0.355. The minimum Gasteiger partial charge on any atom is -0.497 e. The fourth-order valence-electron chi connectivity index (χ4n) is 2.11. The Morgan fingerprint density at radius 1 is 1.29 bits per heavy atom. The molecule has 0 fully saturated rings. The third kappa shape index (κ3) is 2.97. The van der Waals surface area contributed by atoms with Crippen LogP contribution in [0.2, 0.25) is 0 Å². The van der Waals surface area contributed by atoms with E-state index in [0.717, 1.165) is 30.6 Å². The first-order valence-electron chi connectivity index (χ1n) is 6.82. The maximum atomic E-state index is 9.18. The Hall–Kier alpha value is -2.55. The van der Waals surface area contributed by atoms with Crippen LogP contribution in [0.5, 0.6) is 11.5 Å². The molecular formula is C15H18N4O2. The molecule has 0 unspecified atom stereocenters. The summed E-state index contributed by atoms with van der Waals surface area (Å²) in [5, 5.41) is 17.2. The highest BCUT2D eigenvalue weighted by molar-refractivity contribution is 5.52. The topological polar surface area (TPSA) is 73.0 Å². The summed E-state index contributed by atoms with van der Waals surface area (Å²) >= 11 is 0. The Morgan fingerprint density at radius 3 is 2.71 bits per heavy atom. The summed E-state index contributed by atoms with van der Waals surface area (Å²) in [5.74, 6) is 1.35. The van der Waals surface area contributed by atoms with Gasteiger partial charge in [-0.2, -0.15) is 5.26 Å². The van der Waals surface area contributed by atoms with Crippen LogP contribution in [0.3, 0.4) is 0 Å². The van der Waals surface area contributed by atoms with E-state index in [-0.39, 0.29) is 0 Å². The van der Waals surface area contributed by atoms with Crippen molar-refractivity contribution in [3.63, 3.8) is 0 Å². The van der Waals surface area contributed by atoms with E-state index in [1.807, 2.05) is 18.2 Å². The third-order valence-corrected chi connectivity index (χ3v) is 3.25. The zero-order valence-electron chi connectivity index (χ0n) is 12.5. The Labute approximate surface area is 123 Å². The van der Waals surface area contributed by atoms with Crippen molar-refractivity contribution in [2.45, 2.75) is 26.2 Å². The number of nitriles is 1. The molecule has 0 atom stereocenters. The Balaban J connectivity index is 2.55. The van der Waals surface area contributed by atoms with Crippen molar-refractivity contribution in [2.75, 3.05) is 14.2 Å². The second-order valence-corrected chi connectivity index (χ2v) is 4.55. The molecule has 0 bridgehead atoms. The van der Waals surface area contributed by atoms with Crippen LogP contribution in [-0.4, -0.2) is 29.2 Å². The lowest BCUT2D eigenvalue weighted by atomic mass is 10.1. The predicted octanol–water partition coefficient (Wildman–Crippen LogP) is 2.50. The van der Waals surface area contributed by atoms with Crippen LogP contribution in [0.1, 0.15) is 31.2 Å². The molecule has 6 heteroatoms. The zero-order valence-corrected chi connectivity index (χ0v) is 12.5. The highest BCUT2D eigenvalue weighted by Gasteiger charge is 2.17. The number of hydrogen-bond acceptors (Lipinski definition) is 5. The standard InChI is InChI=1S/C15H18N4O2/c1-4-5-6-13-12(10-16)17-18-19(13)14-9-11(20-2)7-8-15(14)21-3/h7-9H,4-6H2,1-3H3. The monoisotopic (exact) mass is 286 g/mol. The van der Waals surface area contributed by atoms with Gasteiger partial charge in [-0.15, -0.1) is 5.10 Å². The lowest BCUT2D eigenvalue weighted by Gasteiger charge is -2.12. The van der Waals surface area contributed by atoms with Gasteiger partial charge >= 0.3 is 0 Å². The van der Waals surface area contributed by atoms with Gasteiger partial charge in [0.1, 0.15) is 23.3 Å². The summed E-state index contributed by atoms with van der Waals surface area (Å²) in [6, 6.07) is 7.54. The van der Waals surface area contributed by atoms with Crippen LogP contribution in [0.25, 0.3) is 5.69 Å². The smallest absolute Gasteiger partial charge is 0.186 e. The van der Waals surface area contributed by atoms with Gasteiger partial charge in [-0.3, -0.25) is 0 Å². The van der Waals surface area contributed by atoms with Crippen molar-refractivity contribution in [1.82, 2.24) is 15.0 Å². The van der Waals surface area contributed by atoms with E-state index in [1.165, 1.54) is 0 Å². The first kappa shape index (κ1) is 14.9. The number of aromatic nitrogens is 3. The molecular weight excluding hydrogens is 268 g/mol. The van der Waals surface area contributed by atoms with Crippen LogP contribution in [-0.2, 0) is 6.42 Å². The van der Waals surface area contributed by atoms with Gasteiger partial charge in [0, 0.05) is 6.07 Å². The second kappa shape index (κ2) is 6.75. The van der Waals surface area contributed by atoms with E-state index >= 15 is 0 Å². The van der Waals surface area contributed by atoms with Crippen molar-refractivity contribution in [1.29, 1.82) is 5.26 Å². The van der Waals surface area contributed by atoms with Crippen molar-refractivity contribution < 1.29 is 9.47 Å². The van der Waals surface area contributed by atoms with Crippen molar-refractivity contribution in [3.05, 3.63) is 29.6 Å². The highest BCUT2D eigenvalue weighted by Crippen LogP contribution is 2.28. The molecule has 0 aliphatic rings. The van der Waals surface area contributed by atoms with Gasteiger partial charge in [-0.25, -0.2) is 4.68 Å². The lowest BCUT2D eigenvalue weighted by Crippen LogP contribution is -2.06. The number of ether oxygens (including phenoxy) is 2. The van der Waals surface area contributed by atoms with Crippen LogP contribution < -0.4 is 9.47 Å². The maximum absolute atomic E-state index is 9.18. The molecule has 1 heterocycles. The molecule has 1 aromatic carbocycles. The zero-order chi connectivity index (χ0) is 15.2. The predicted molar refractivity (Wildman–Crippen MR) is 77.8 cm³/mol. The van der Waals surface area contributed by atoms with Crippen molar-refractivity contribution in [3.8, 4) is 23.3 Å². The molecule has 0 radical (unpaired) electrons. The Morgan fingerprint density at radius 2 is 2.10 bits per heavy atom. The third-order valence-electron chi connectivity index (χ3n) is 3.25. The van der Waals surface area contributed by atoms with Gasteiger partial charge in [-0.1, -0.05) is 18.6 Å². The number of unbranched alkanes of at least 4 members (excludes halogenated alkanes) is 1. The number of methoxy groups -OCH3 is 2. The molecule has 110 valence electrons. The first-order valence-corrected chi connectivity index (χ1v) is 6.82. The highest BCUT2D eigenvalue weighted by atomic mass is 16.5. The van der Waals surface area contributed by atoms with Gasteiger partial charge in [0.25, 0.3) is 0 Å². The van der Waals surface area contributed by atoms with Gasteiger partial charge in [0.05, 0.1) is 19.9 Å². The summed E-state index contributed by atoms with van der Waals surface area (Å²) in [5.41, 5.74) is 1.87. The molecule has 0 saturated heterocycles. The van der Waals surface area contributed by atoms with Crippen LogP contribution in [0, 0.1) is 11.3 Å². The molecule has 1 aromatic heterocycles.